The number of halogens is 1. The van der Waals surface area contributed by atoms with Crippen LogP contribution in [0.4, 0.5) is 4.79 Å². The molecule has 1 aliphatic carbocycles. The van der Waals surface area contributed by atoms with Crippen molar-refractivity contribution in [1.82, 2.24) is 10.6 Å². The molecule has 0 radical (unpaired) electrons. The number of hydrogen-bond donors (Lipinski definition) is 2. The summed E-state index contributed by atoms with van der Waals surface area (Å²) >= 11 is 5.98. The minimum atomic E-state index is -0.207. The van der Waals surface area contributed by atoms with E-state index in [0.29, 0.717) is 17.5 Å². The van der Waals surface area contributed by atoms with Crippen molar-refractivity contribution >= 4 is 17.6 Å². The maximum Gasteiger partial charge on any atom is 0.319 e. The Morgan fingerprint density at radius 2 is 2.18 bits per heavy atom. The predicted molar refractivity (Wildman–Crippen MR) is 68.7 cm³/mol. The van der Waals surface area contributed by atoms with Gasteiger partial charge in [-0.15, -0.1) is 0 Å². The molecule has 0 aromatic heterocycles. The third-order valence-electron chi connectivity index (χ3n) is 2.60. The van der Waals surface area contributed by atoms with E-state index in [4.69, 9.17) is 11.6 Å². The first-order valence-electron chi connectivity index (χ1n) is 5.70. The van der Waals surface area contributed by atoms with E-state index in [1.54, 1.807) is 6.20 Å². The second-order valence-corrected chi connectivity index (χ2v) is 4.52. The van der Waals surface area contributed by atoms with Gasteiger partial charge in [-0.3, -0.25) is 0 Å². The average Bonchev–Trinajstić information content (AvgIpc) is 3.12. The fourth-order valence-corrected chi connectivity index (χ4v) is 1.62. The number of benzene rings is 1. The maximum atomic E-state index is 11.4. The Labute approximate surface area is 106 Å². The zero-order chi connectivity index (χ0) is 12.1. The van der Waals surface area contributed by atoms with Gasteiger partial charge in [0, 0.05) is 17.8 Å². The molecular formula is C13H15ClN2O. The number of amides is 2. The van der Waals surface area contributed by atoms with Crippen LogP contribution in [0.2, 0.25) is 5.02 Å². The molecule has 4 heteroatoms. The molecule has 0 unspecified atom stereocenters. The van der Waals surface area contributed by atoms with Gasteiger partial charge in [0.1, 0.15) is 0 Å². The standard InChI is InChI=1S/C13H15ClN2O/c14-12-4-2-1-3-11(12)9-16-13(17)15-8-7-10-5-6-10/h1-4,7-8,10H,5-6,9H2,(H2,15,16,17)/b8-7+. The van der Waals surface area contributed by atoms with Gasteiger partial charge in [0.2, 0.25) is 0 Å². The molecule has 1 aromatic carbocycles. The molecule has 0 bridgehead atoms. The number of carbonyl (C=O) groups is 1. The summed E-state index contributed by atoms with van der Waals surface area (Å²) in [6, 6.07) is 7.26. The lowest BCUT2D eigenvalue weighted by Crippen LogP contribution is -2.31. The van der Waals surface area contributed by atoms with Gasteiger partial charge in [0.25, 0.3) is 0 Å². The quantitative estimate of drug-likeness (QED) is 0.847. The number of carbonyl (C=O) groups excluding carboxylic acids is 1. The fraction of sp³-hybridized carbons (Fsp3) is 0.308. The summed E-state index contributed by atoms with van der Waals surface area (Å²) in [6.45, 7) is 0.433. The van der Waals surface area contributed by atoms with E-state index in [1.165, 1.54) is 12.8 Å². The second-order valence-electron chi connectivity index (χ2n) is 4.11. The molecular weight excluding hydrogens is 236 g/mol. The summed E-state index contributed by atoms with van der Waals surface area (Å²) in [5, 5.41) is 6.09. The normalized spacial score (nSPS) is 14.9. The van der Waals surface area contributed by atoms with Crippen LogP contribution in [-0.2, 0) is 6.54 Å². The van der Waals surface area contributed by atoms with E-state index in [0.717, 1.165) is 5.56 Å². The Morgan fingerprint density at radius 1 is 1.41 bits per heavy atom. The van der Waals surface area contributed by atoms with Crippen LogP contribution in [0, 0.1) is 5.92 Å². The zero-order valence-corrected chi connectivity index (χ0v) is 10.2. The number of rotatable bonds is 4. The summed E-state index contributed by atoms with van der Waals surface area (Å²) in [4.78, 5) is 11.4. The molecule has 90 valence electrons. The zero-order valence-electron chi connectivity index (χ0n) is 9.45. The molecule has 0 aliphatic heterocycles. The Balaban J connectivity index is 1.73. The Bertz CT molecular complexity index is 427. The molecule has 3 nitrogen and oxygen atoms in total. The summed E-state index contributed by atoms with van der Waals surface area (Å²) in [5.41, 5.74) is 0.912. The van der Waals surface area contributed by atoms with Crippen molar-refractivity contribution in [2.24, 2.45) is 5.92 Å². The van der Waals surface area contributed by atoms with E-state index in [1.807, 2.05) is 30.3 Å². The predicted octanol–water partition coefficient (Wildman–Crippen LogP) is 3.06. The highest BCUT2D eigenvalue weighted by molar-refractivity contribution is 6.31. The van der Waals surface area contributed by atoms with Gasteiger partial charge < -0.3 is 10.6 Å². The van der Waals surface area contributed by atoms with Crippen LogP contribution in [0.5, 0.6) is 0 Å². The van der Waals surface area contributed by atoms with Gasteiger partial charge in [-0.1, -0.05) is 35.9 Å². The lowest BCUT2D eigenvalue weighted by Gasteiger charge is -2.06. The maximum absolute atomic E-state index is 11.4. The van der Waals surface area contributed by atoms with Crippen LogP contribution in [0.3, 0.4) is 0 Å². The molecule has 1 aromatic rings. The SMILES string of the molecule is O=C(N/C=C/C1CC1)NCc1ccccc1Cl. The highest BCUT2D eigenvalue weighted by Crippen LogP contribution is 2.29. The summed E-state index contributed by atoms with van der Waals surface area (Å²) in [7, 11) is 0. The molecule has 0 spiro atoms. The molecule has 0 heterocycles. The molecule has 2 N–H and O–H groups in total. The Kier molecular flexibility index (Phi) is 4.04. The van der Waals surface area contributed by atoms with Crippen LogP contribution < -0.4 is 10.6 Å². The monoisotopic (exact) mass is 250 g/mol. The lowest BCUT2D eigenvalue weighted by atomic mass is 10.2. The van der Waals surface area contributed by atoms with E-state index in [2.05, 4.69) is 10.6 Å². The summed E-state index contributed by atoms with van der Waals surface area (Å²) in [5.74, 6) is 0.666. The van der Waals surface area contributed by atoms with E-state index < -0.39 is 0 Å². The van der Waals surface area contributed by atoms with Crippen molar-refractivity contribution < 1.29 is 4.79 Å². The number of allylic oxidation sites excluding steroid dienone is 1. The van der Waals surface area contributed by atoms with Crippen LogP contribution in [0.1, 0.15) is 18.4 Å². The number of nitrogens with one attached hydrogen (secondary N) is 2. The number of hydrogen-bond acceptors (Lipinski definition) is 1. The van der Waals surface area contributed by atoms with Crippen molar-refractivity contribution in [3.63, 3.8) is 0 Å². The van der Waals surface area contributed by atoms with Crippen LogP contribution in [-0.4, -0.2) is 6.03 Å². The lowest BCUT2D eigenvalue weighted by molar-refractivity contribution is 0.243. The minimum absolute atomic E-state index is 0.207. The third kappa shape index (κ3) is 4.11. The van der Waals surface area contributed by atoms with Crippen molar-refractivity contribution in [1.29, 1.82) is 0 Å². The van der Waals surface area contributed by atoms with Crippen molar-refractivity contribution in [3.8, 4) is 0 Å². The first-order valence-corrected chi connectivity index (χ1v) is 6.08. The van der Waals surface area contributed by atoms with E-state index in [9.17, 15) is 4.79 Å². The van der Waals surface area contributed by atoms with E-state index in [-0.39, 0.29) is 6.03 Å². The van der Waals surface area contributed by atoms with Crippen LogP contribution in [0.25, 0.3) is 0 Å². The fourth-order valence-electron chi connectivity index (χ4n) is 1.42. The molecule has 1 saturated carbocycles. The van der Waals surface area contributed by atoms with Crippen molar-refractivity contribution in [3.05, 3.63) is 47.1 Å². The third-order valence-corrected chi connectivity index (χ3v) is 2.97. The average molecular weight is 251 g/mol. The van der Waals surface area contributed by atoms with Crippen molar-refractivity contribution in [2.45, 2.75) is 19.4 Å². The highest BCUT2D eigenvalue weighted by Gasteiger charge is 2.16. The summed E-state index contributed by atoms with van der Waals surface area (Å²) < 4.78 is 0. The van der Waals surface area contributed by atoms with E-state index >= 15 is 0 Å². The summed E-state index contributed by atoms with van der Waals surface area (Å²) in [6.07, 6.45) is 6.20. The van der Waals surface area contributed by atoms with Gasteiger partial charge in [-0.05, 0) is 30.4 Å². The van der Waals surface area contributed by atoms with Gasteiger partial charge in [-0.2, -0.15) is 0 Å². The topological polar surface area (TPSA) is 41.1 Å². The molecule has 0 atom stereocenters. The Morgan fingerprint density at radius 3 is 2.88 bits per heavy atom. The molecule has 1 fully saturated rings. The minimum Gasteiger partial charge on any atom is -0.334 e. The second kappa shape index (κ2) is 5.73. The molecule has 0 saturated heterocycles. The number of urea groups is 1. The van der Waals surface area contributed by atoms with Gasteiger partial charge >= 0.3 is 6.03 Å². The van der Waals surface area contributed by atoms with Gasteiger partial charge in [-0.25, -0.2) is 4.79 Å². The molecule has 2 amide bonds. The molecule has 2 rings (SSSR count). The first kappa shape index (κ1) is 12.0. The highest BCUT2D eigenvalue weighted by atomic mass is 35.5. The smallest absolute Gasteiger partial charge is 0.319 e. The van der Waals surface area contributed by atoms with Gasteiger partial charge in [0.05, 0.1) is 0 Å². The Hall–Kier alpha value is -1.48. The largest absolute Gasteiger partial charge is 0.334 e. The van der Waals surface area contributed by atoms with Gasteiger partial charge in [0.15, 0.2) is 0 Å². The first-order chi connectivity index (χ1) is 8.25. The van der Waals surface area contributed by atoms with Crippen molar-refractivity contribution in [2.75, 3.05) is 0 Å². The molecule has 17 heavy (non-hydrogen) atoms. The molecule has 1 aliphatic rings. The van der Waals surface area contributed by atoms with Crippen LogP contribution in [0.15, 0.2) is 36.5 Å². The van der Waals surface area contributed by atoms with Crippen LogP contribution >= 0.6 is 11.6 Å².